The van der Waals surface area contributed by atoms with Crippen LogP contribution in [0.15, 0.2) is 36.5 Å². The third kappa shape index (κ3) is 28.1. The first-order chi connectivity index (χ1) is 30.3. The van der Waals surface area contributed by atoms with Crippen molar-refractivity contribution in [3.8, 4) is 0 Å². The van der Waals surface area contributed by atoms with Crippen LogP contribution in [0.4, 0.5) is 0 Å². The monoisotopic (exact) mass is 866 g/mol. The van der Waals surface area contributed by atoms with Crippen molar-refractivity contribution in [2.75, 3.05) is 20.1 Å². The highest BCUT2D eigenvalue weighted by Crippen LogP contribution is 2.41. The molecule has 1 aliphatic heterocycles. The zero-order valence-electron chi connectivity index (χ0n) is 41.9. The highest BCUT2D eigenvalue weighted by molar-refractivity contribution is 5.77. The maximum absolute atomic E-state index is 13.7. The highest BCUT2D eigenvalue weighted by atomic mass is 16.5. The molecule has 0 amide bonds. The summed E-state index contributed by atoms with van der Waals surface area (Å²) in [5, 5.41) is 0. The third-order valence-corrected chi connectivity index (χ3v) is 14.4. The van der Waals surface area contributed by atoms with Gasteiger partial charge in [-0.3, -0.25) is 9.59 Å². The van der Waals surface area contributed by atoms with Gasteiger partial charge in [0.15, 0.2) is 0 Å². The Bertz CT molecular complexity index is 1110. The van der Waals surface area contributed by atoms with Crippen LogP contribution < -0.4 is 0 Å². The van der Waals surface area contributed by atoms with Crippen molar-refractivity contribution in [3.05, 3.63) is 36.5 Å². The molecule has 62 heavy (non-hydrogen) atoms. The van der Waals surface area contributed by atoms with Crippen LogP contribution in [0, 0.1) is 17.3 Å². The van der Waals surface area contributed by atoms with Crippen LogP contribution >= 0.6 is 0 Å². The van der Waals surface area contributed by atoms with E-state index in [9.17, 15) is 9.59 Å². The molecule has 0 bridgehead atoms. The Labute approximate surface area is 385 Å². The van der Waals surface area contributed by atoms with Gasteiger partial charge in [-0.1, -0.05) is 173 Å². The Balaban J connectivity index is 1.79. The van der Waals surface area contributed by atoms with Gasteiger partial charge in [0.1, 0.15) is 12.2 Å². The number of hydrogen-bond donors (Lipinski definition) is 0. The van der Waals surface area contributed by atoms with Crippen molar-refractivity contribution in [1.82, 2.24) is 4.90 Å². The Kier molecular flexibility index (Phi) is 34.8. The normalized spacial score (nSPS) is 19.5. The molecule has 1 heterocycles. The lowest BCUT2D eigenvalue weighted by Crippen LogP contribution is -2.43. The lowest BCUT2D eigenvalue weighted by molar-refractivity contribution is -0.165. The fourth-order valence-electron chi connectivity index (χ4n) is 9.82. The second-order valence-corrected chi connectivity index (χ2v) is 20.2. The Morgan fingerprint density at radius 3 is 1.47 bits per heavy atom. The van der Waals surface area contributed by atoms with Gasteiger partial charge in [0.25, 0.3) is 0 Å². The van der Waals surface area contributed by atoms with Crippen molar-refractivity contribution in [2.24, 2.45) is 17.3 Å². The van der Waals surface area contributed by atoms with Gasteiger partial charge in [-0.25, -0.2) is 0 Å². The zero-order valence-corrected chi connectivity index (χ0v) is 41.9. The molecule has 3 unspecified atom stereocenters. The molecule has 1 saturated heterocycles. The van der Waals surface area contributed by atoms with E-state index in [-0.39, 0.29) is 36.0 Å². The van der Waals surface area contributed by atoms with E-state index in [0.29, 0.717) is 6.42 Å². The maximum Gasteiger partial charge on any atom is 0.312 e. The summed E-state index contributed by atoms with van der Waals surface area (Å²) in [5.41, 5.74) is -0.408. The Hall–Kier alpha value is -1.88. The van der Waals surface area contributed by atoms with E-state index in [4.69, 9.17) is 9.47 Å². The van der Waals surface area contributed by atoms with Gasteiger partial charge in [0.2, 0.25) is 0 Å². The molecule has 1 aliphatic carbocycles. The molecule has 0 aromatic heterocycles. The van der Waals surface area contributed by atoms with Crippen molar-refractivity contribution in [1.29, 1.82) is 0 Å². The van der Waals surface area contributed by atoms with E-state index in [0.717, 1.165) is 77.3 Å². The van der Waals surface area contributed by atoms with E-state index in [1.807, 2.05) is 0 Å². The summed E-state index contributed by atoms with van der Waals surface area (Å²) in [6.07, 6.45) is 58.4. The highest BCUT2D eigenvalue weighted by Gasteiger charge is 2.43. The summed E-state index contributed by atoms with van der Waals surface area (Å²) in [4.78, 5) is 29.6. The number of carbonyl (C=O) groups is 2. The largest absolute Gasteiger partial charge is 0.462 e. The van der Waals surface area contributed by atoms with E-state index < -0.39 is 5.41 Å². The fraction of sp³-hybridized carbons (Fsp3) is 0.860. The van der Waals surface area contributed by atoms with Crippen LogP contribution in [-0.2, 0) is 19.1 Å². The van der Waals surface area contributed by atoms with Crippen LogP contribution in [-0.4, -0.2) is 49.2 Å². The van der Waals surface area contributed by atoms with Gasteiger partial charge in [0.05, 0.1) is 5.41 Å². The first-order valence-electron chi connectivity index (χ1n) is 27.4. The second kappa shape index (κ2) is 38.4. The molecular formula is C57H103NO4. The van der Waals surface area contributed by atoms with Crippen LogP contribution in [0.3, 0.4) is 0 Å². The summed E-state index contributed by atoms with van der Waals surface area (Å²) in [6.45, 7) is 10.7. The standard InChI is InChI=1S/C57H103NO4/c1-6-9-12-14-16-18-20-22-24-26-28-30-32-34-36-39-41-52(42-40-37-35-33-31-29-27-25-23-21-19-17-15-13-10-7-2)61-55(59)50-51-44-45-54(53(51)43-38-11-8-3)62-56(60)57(4)46-48-58(5)49-47-57/h11,22-25,38,51-54H,6-10,12-21,26-37,39-50H2,1-5H3/b24-22-,25-23-,38-11-. The van der Waals surface area contributed by atoms with E-state index in [2.05, 4.69) is 76.1 Å². The van der Waals surface area contributed by atoms with Crippen LogP contribution in [0.1, 0.15) is 265 Å². The predicted molar refractivity (Wildman–Crippen MR) is 268 cm³/mol. The molecular weight excluding hydrogens is 763 g/mol. The molecule has 0 aromatic rings. The molecule has 0 spiro atoms. The number of piperidine rings is 1. The Morgan fingerprint density at radius 2 is 1.02 bits per heavy atom. The molecule has 360 valence electrons. The van der Waals surface area contributed by atoms with Gasteiger partial charge in [0, 0.05) is 12.3 Å². The lowest BCUT2D eigenvalue weighted by Gasteiger charge is -2.37. The minimum atomic E-state index is -0.408. The molecule has 2 aliphatic rings. The molecule has 0 N–H and O–H groups in total. The van der Waals surface area contributed by atoms with Gasteiger partial charge in [-0.2, -0.15) is 0 Å². The topological polar surface area (TPSA) is 55.8 Å². The summed E-state index contributed by atoms with van der Waals surface area (Å²) in [7, 11) is 2.13. The molecule has 3 atom stereocenters. The lowest BCUT2D eigenvalue weighted by atomic mass is 9.80. The van der Waals surface area contributed by atoms with Gasteiger partial charge in [-0.15, -0.1) is 0 Å². The number of hydrogen-bond acceptors (Lipinski definition) is 5. The quantitative estimate of drug-likeness (QED) is 0.0349. The van der Waals surface area contributed by atoms with Crippen molar-refractivity contribution >= 4 is 11.9 Å². The fourth-order valence-corrected chi connectivity index (χ4v) is 9.82. The number of rotatable bonds is 40. The minimum absolute atomic E-state index is 0.0221. The predicted octanol–water partition coefficient (Wildman–Crippen LogP) is 17.2. The van der Waals surface area contributed by atoms with E-state index in [1.165, 1.54) is 167 Å². The number of likely N-dealkylation sites (tertiary alicyclic amines) is 1. The molecule has 5 nitrogen and oxygen atoms in total. The molecule has 5 heteroatoms. The van der Waals surface area contributed by atoms with Crippen LogP contribution in [0.5, 0.6) is 0 Å². The molecule has 0 aromatic carbocycles. The molecule has 2 fully saturated rings. The smallest absolute Gasteiger partial charge is 0.312 e. The number of esters is 2. The first-order valence-corrected chi connectivity index (χ1v) is 27.4. The average molecular weight is 866 g/mol. The number of ether oxygens (including phenoxy) is 2. The summed E-state index contributed by atoms with van der Waals surface area (Å²) >= 11 is 0. The van der Waals surface area contributed by atoms with Gasteiger partial charge in [-0.05, 0) is 149 Å². The summed E-state index contributed by atoms with van der Waals surface area (Å²) in [6, 6.07) is 0. The van der Waals surface area contributed by atoms with Gasteiger partial charge < -0.3 is 14.4 Å². The van der Waals surface area contributed by atoms with Crippen molar-refractivity contribution in [2.45, 2.75) is 277 Å². The number of nitrogens with zero attached hydrogens (tertiary/aromatic N) is 1. The van der Waals surface area contributed by atoms with Crippen molar-refractivity contribution in [3.63, 3.8) is 0 Å². The number of allylic oxidation sites excluding steroid dienone is 6. The summed E-state index contributed by atoms with van der Waals surface area (Å²) in [5.74, 6) is 0.306. The third-order valence-electron chi connectivity index (χ3n) is 14.4. The Morgan fingerprint density at radius 1 is 0.581 bits per heavy atom. The zero-order chi connectivity index (χ0) is 44.8. The van der Waals surface area contributed by atoms with Crippen molar-refractivity contribution < 1.29 is 19.1 Å². The summed E-state index contributed by atoms with van der Waals surface area (Å²) < 4.78 is 12.7. The molecule has 1 saturated carbocycles. The maximum atomic E-state index is 13.7. The molecule has 2 rings (SSSR count). The minimum Gasteiger partial charge on any atom is -0.462 e. The van der Waals surface area contributed by atoms with Crippen LogP contribution in [0.25, 0.3) is 0 Å². The van der Waals surface area contributed by atoms with Gasteiger partial charge >= 0.3 is 11.9 Å². The SMILES string of the molecule is CC/C=C\CC1C(CC(=O)OC(CCCCCCCC/C=C\CCCCCCCC)CCCCCCCC/C=C\CCCCCCCC)CCC1OC(=O)C1(C)CCN(C)CC1. The second-order valence-electron chi connectivity index (χ2n) is 20.2. The van der Waals surface area contributed by atoms with E-state index in [1.54, 1.807) is 0 Å². The van der Waals surface area contributed by atoms with E-state index >= 15 is 0 Å². The average Bonchev–Trinajstić information content (AvgIpc) is 3.63. The number of carbonyl (C=O) groups excluding carboxylic acids is 2. The molecule has 0 radical (unpaired) electrons. The van der Waals surface area contributed by atoms with Crippen LogP contribution in [0.2, 0.25) is 0 Å². The first kappa shape index (κ1) is 56.2. The number of unbranched alkanes of at least 4 members (excludes halogenated alkanes) is 24.